The van der Waals surface area contributed by atoms with Crippen LogP contribution < -0.4 is 5.32 Å². The molecule has 4 rings (SSSR count). The molecule has 0 atom stereocenters. The van der Waals surface area contributed by atoms with Gasteiger partial charge in [0.1, 0.15) is 10.7 Å². The molecule has 34 heavy (non-hydrogen) atoms. The van der Waals surface area contributed by atoms with Crippen LogP contribution in [0.25, 0.3) is 0 Å². The highest BCUT2D eigenvalue weighted by atomic mass is 32.1. The molecule has 0 radical (unpaired) electrons. The van der Waals surface area contributed by atoms with Crippen LogP contribution in [0.1, 0.15) is 28.1 Å². The topological polar surface area (TPSA) is 99.3 Å². The number of hydrogen-bond donors (Lipinski definition) is 1. The Morgan fingerprint density at radius 1 is 1.06 bits per heavy atom. The van der Waals surface area contributed by atoms with E-state index < -0.39 is 17.8 Å². The number of thiophene rings is 1. The molecule has 2 aliphatic rings. The predicted molar refractivity (Wildman–Crippen MR) is 123 cm³/mol. The van der Waals surface area contributed by atoms with E-state index in [1.54, 1.807) is 33.4 Å². The highest BCUT2D eigenvalue weighted by molar-refractivity contribution is 7.12. The van der Waals surface area contributed by atoms with Crippen molar-refractivity contribution in [3.63, 3.8) is 0 Å². The number of likely N-dealkylation sites (tertiary alicyclic amines) is 1. The smallest absolute Gasteiger partial charge is 0.350 e. The summed E-state index contributed by atoms with van der Waals surface area (Å²) in [6.45, 7) is 1.92. The van der Waals surface area contributed by atoms with Gasteiger partial charge in [-0.3, -0.25) is 9.59 Å². The van der Waals surface area contributed by atoms with Gasteiger partial charge in [0.05, 0.1) is 12.8 Å². The molecule has 180 valence electrons. The lowest BCUT2D eigenvalue weighted by Gasteiger charge is -2.42. The average Bonchev–Trinajstić information content (AvgIpc) is 3.31. The van der Waals surface area contributed by atoms with E-state index in [0.29, 0.717) is 49.6 Å². The first-order valence-electron chi connectivity index (χ1n) is 10.9. The van der Waals surface area contributed by atoms with Crippen molar-refractivity contribution in [3.05, 3.63) is 52.0 Å². The number of methoxy groups -OCH3 is 1. The number of anilines is 1. The van der Waals surface area contributed by atoms with E-state index in [0.717, 1.165) is 5.56 Å². The summed E-state index contributed by atoms with van der Waals surface area (Å²) in [7, 11) is 1.28. The van der Waals surface area contributed by atoms with Crippen LogP contribution in [0.4, 0.5) is 14.9 Å². The quantitative estimate of drug-likeness (QED) is 0.515. The Labute approximate surface area is 200 Å². The molecule has 1 aromatic carbocycles. The fourth-order valence-corrected chi connectivity index (χ4v) is 5.00. The largest absolute Gasteiger partial charge is 0.465 e. The van der Waals surface area contributed by atoms with E-state index in [1.807, 2.05) is 0 Å². The van der Waals surface area contributed by atoms with Crippen molar-refractivity contribution in [2.45, 2.75) is 25.4 Å². The van der Waals surface area contributed by atoms with Crippen LogP contribution in [0.3, 0.4) is 0 Å². The summed E-state index contributed by atoms with van der Waals surface area (Å²) in [5.41, 5.74) is 1.17. The lowest BCUT2D eigenvalue weighted by atomic mass is 10.0. The first kappa shape index (κ1) is 23.7. The van der Waals surface area contributed by atoms with Crippen LogP contribution in [0.2, 0.25) is 0 Å². The first-order chi connectivity index (χ1) is 16.4. The van der Waals surface area contributed by atoms with Crippen LogP contribution in [0.5, 0.6) is 0 Å². The molecular weight excluding hydrogens is 463 g/mol. The number of carbonyl (C=O) groups excluding carboxylic acids is 4. The summed E-state index contributed by atoms with van der Waals surface area (Å²) >= 11 is 1.19. The number of piperazine rings is 1. The molecule has 0 saturated carbocycles. The Balaban J connectivity index is 1.29. The number of rotatable bonds is 5. The van der Waals surface area contributed by atoms with E-state index in [-0.39, 0.29) is 24.4 Å². The third-order valence-electron chi connectivity index (χ3n) is 6.10. The second-order valence-electron chi connectivity index (χ2n) is 8.16. The van der Waals surface area contributed by atoms with Gasteiger partial charge < -0.3 is 24.8 Å². The summed E-state index contributed by atoms with van der Waals surface area (Å²) in [6, 6.07) is 7.06. The van der Waals surface area contributed by atoms with E-state index >= 15 is 0 Å². The first-order valence-corrected chi connectivity index (χ1v) is 11.8. The van der Waals surface area contributed by atoms with Gasteiger partial charge in [-0.15, -0.1) is 11.3 Å². The van der Waals surface area contributed by atoms with E-state index in [1.165, 1.54) is 35.5 Å². The second kappa shape index (κ2) is 10.2. The highest BCUT2D eigenvalue weighted by Crippen LogP contribution is 2.25. The van der Waals surface area contributed by atoms with E-state index in [4.69, 9.17) is 4.74 Å². The van der Waals surface area contributed by atoms with Gasteiger partial charge >= 0.3 is 23.8 Å². The third kappa shape index (κ3) is 5.04. The molecule has 1 N–H and O–H groups in total. The maximum atomic E-state index is 13.1. The fourth-order valence-electron chi connectivity index (χ4n) is 4.23. The molecule has 3 heterocycles. The zero-order chi connectivity index (χ0) is 24.2. The zero-order valence-electron chi connectivity index (χ0n) is 18.7. The third-order valence-corrected chi connectivity index (χ3v) is 6.99. The molecule has 4 amide bonds. The Morgan fingerprint density at radius 2 is 1.76 bits per heavy atom. The molecular formula is C23H25FN4O5S. The predicted octanol–water partition coefficient (Wildman–Crippen LogP) is 2.54. The Hall–Kier alpha value is -3.47. The lowest BCUT2D eigenvalue weighted by Crippen LogP contribution is -2.59. The normalized spacial score (nSPS) is 17.2. The molecule has 9 nitrogen and oxygen atoms in total. The van der Waals surface area contributed by atoms with E-state index in [9.17, 15) is 23.6 Å². The van der Waals surface area contributed by atoms with Gasteiger partial charge in [0.25, 0.3) is 0 Å². The number of esters is 1. The number of halogens is 1. The van der Waals surface area contributed by atoms with Crippen LogP contribution in [0, 0.1) is 5.82 Å². The molecule has 0 aliphatic carbocycles. The monoisotopic (exact) mass is 488 g/mol. The van der Waals surface area contributed by atoms with Crippen LogP contribution in [0.15, 0.2) is 35.7 Å². The number of amides is 4. The number of benzene rings is 1. The molecule has 0 bridgehead atoms. The maximum absolute atomic E-state index is 13.1. The highest BCUT2D eigenvalue weighted by Gasteiger charge is 2.38. The number of nitrogens with one attached hydrogen (secondary N) is 1. The molecule has 0 spiro atoms. The molecule has 2 aliphatic heterocycles. The summed E-state index contributed by atoms with van der Waals surface area (Å²) in [5.74, 6) is -1.97. The molecule has 0 unspecified atom stereocenters. The van der Waals surface area contributed by atoms with E-state index in [2.05, 4.69) is 5.32 Å². The van der Waals surface area contributed by atoms with Crippen molar-refractivity contribution in [2.24, 2.45) is 0 Å². The van der Waals surface area contributed by atoms with Crippen molar-refractivity contribution in [1.82, 2.24) is 14.7 Å². The van der Waals surface area contributed by atoms with Crippen molar-refractivity contribution in [2.75, 3.05) is 38.6 Å². The van der Waals surface area contributed by atoms with Crippen LogP contribution in [-0.4, -0.2) is 77.8 Å². The molecule has 2 fully saturated rings. The zero-order valence-corrected chi connectivity index (χ0v) is 19.5. The van der Waals surface area contributed by atoms with Gasteiger partial charge in [0.15, 0.2) is 0 Å². The molecule has 2 saturated heterocycles. The second-order valence-corrected chi connectivity index (χ2v) is 9.07. The minimum Gasteiger partial charge on any atom is -0.465 e. The Kier molecular flexibility index (Phi) is 7.11. The number of carbonyl (C=O) groups is 4. The fraction of sp³-hybridized carbons (Fsp3) is 0.391. The van der Waals surface area contributed by atoms with Gasteiger partial charge in [-0.2, -0.15) is 0 Å². The van der Waals surface area contributed by atoms with Crippen LogP contribution >= 0.6 is 11.3 Å². The summed E-state index contributed by atoms with van der Waals surface area (Å²) in [4.78, 5) is 55.0. The SMILES string of the molecule is COC(=O)c1sccc1NC(=O)N1CCC(N2CCN(Cc3ccc(F)cc3)C(=O)C2=O)CC1. The Morgan fingerprint density at radius 3 is 2.44 bits per heavy atom. The average molecular weight is 489 g/mol. The van der Waals surface area contributed by atoms with Gasteiger partial charge in [0.2, 0.25) is 0 Å². The van der Waals surface area contributed by atoms with Crippen molar-refractivity contribution < 1.29 is 28.3 Å². The van der Waals surface area contributed by atoms with Gasteiger partial charge in [-0.25, -0.2) is 14.0 Å². The van der Waals surface area contributed by atoms with Crippen molar-refractivity contribution >= 4 is 40.8 Å². The van der Waals surface area contributed by atoms with Crippen LogP contribution in [-0.2, 0) is 20.9 Å². The number of ether oxygens (including phenoxy) is 1. The molecule has 11 heteroatoms. The number of hydrogen-bond acceptors (Lipinski definition) is 6. The lowest BCUT2D eigenvalue weighted by molar-refractivity contribution is -0.158. The van der Waals surface area contributed by atoms with Crippen molar-refractivity contribution in [1.29, 1.82) is 0 Å². The Bertz CT molecular complexity index is 1080. The standard InChI is InChI=1S/C23H25FN4O5S/c1-33-22(31)19-18(8-13-34-19)25-23(32)26-9-6-17(7-10-26)28-12-11-27(20(29)21(28)30)14-15-2-4-16(24)5-3-15/h2-5,8,13,17H,6-7,9-12,14H2,1H3,(H,25,32). The minimum absolute atomic E-state index is 0.125. The van der Waals surface area contributed by atoms with Gasteiger partial charge in [-0.1, -0.05) is 12.1 Å². The van der Waals surface area contributed by atoms with Gasteiger partial charge in [-0.05, 0) is 42.0 Å². The number of piperidine rings is 1. The summed E-state index contributed by atoms with van der Waals surface area (Å²) < 4.78 is 17.8. The van der Waals surface area contributed by atoms with Crippen molar-refractivity contribution in [3.8, 4) is 0 Å². The summed E-state index contributed by atoms with van der Waals surface area (Å²) in [5, 5.41) is 4.45. The molecule has 2 aromatic rings. The molecule has 1 aromatic heterocycles. The summed E-state index contributed by atoms with van der Waals surface area (Å²) in [6.07, 6.45) is 1.11. The number of urea groups is 1. The van der Waals surface area contributed by atoms with Gasteiger partial charge in [0, 0.05) is 38.8 Å². The minimum atomic E-state index is -0.566. The maximum Gasteiger partial charge on any atom is 0.350 e. The number of nitrogens with zero attached hydrogens (tertiary/aromatic N) is 3.